The van der Waals surface area contributed by atoms with E-state index >= 15 is 0 Å². The zero-order valence-corrected chi connectivity index (χ0v) is 11.7. The van der Waals surface area contributed by atoms with E-state index < -0.39 is 0 Å². The lowest BCUT2D eigenvalue weighted by Crippen LogP contribution is -2.17. The van der Waals surface area contributed by atoms with Crippen LogP contribution in [0.1, 0.15) is 5.56 Å². The van der Waals surface area contributed by atoms with Gasteiger partial charge < -0.3 is 15.7 Å². The van der Waals surface area contributed by atoms with Crippen molar-refractivity contribution in [1.82, 2.24) is 0 Å². The lowest BCUT2D eigenvalue weighted by atomic mass is 10.2. The molecule has 0 bridgehead atoms. The van der Waals surface area contributed by atoms with Crippen LogP contribution in [-0.4, -0.2) is 12.2 Å². The number of hydrogen-bond acceptors (Lipinski definition) is 3. The van der Waals surface area contributed by atoms with Gasteiger partial charge in [0.2, 0.25) is 0 Å². The number of hydrogen-bond donors (Lipinski definition) is 2. The molecule has 0 aliphatic rings. The average Bonchev–Trinajstić information content (AvgIpc) is 2.28. The smallest absolute Gasteiger partial charge is 0.115 e. The number of aromatic hydroxyl groups is 1. The normalized spacial score (nSPS) is 10.3. The fourth-order valence-corrected chi connectivity index (χ4v) is 2.27. The maximum absolute atomic E-state index is 9.44. The SMILES string of the molecule is CN(Cc1cccc(O)c1)c1ccc(Br)cc1N. The van der Waals surface area contributed by atoms with Crippen molar-refractivity contribution in [3.63, 3.8) is 0 Å². The highest BCUT2D eigenvalue weighted by atomic mass is 79.9. The number of anilines is 2. The minimum atomic E-state index is 0.282. The van der Waals surface area contributed by atoms with Crippen LogP contribution in [0.2, 0.25) is 0 Å². The topological polar surface area (TPSA) is 49.5 Å². The first-order chi connectivity index (χ1) is 8.56. The molecule has 2 aromatic rings. The molecular formula is C14H15BrN2O. The van der Waals surface area contributed by atoms with Gasteiger partial charge in [-0.05, 0) is 35.9 Å². The number of nitrogen functional groups attached to an aromatic ring is 1. The van der Waals surface area contributed by atoms with E-state index in [1.807, 2.05) is 37.4 Å². The molecule has 0 saturated carbocycles. The van der Waals surface area contributed by atoms with Crippen molar-refractivity contribution < 1.29 is 5.11 Å². The van der Waals surface area contributed by atoms with Gasteiger partial charge in [-0.3, -0.25) is 0 Å². The lowest BCUT2D eigenvalue weighted by Gasteiger charge is -2.21. The molecular weight excluding hydrogens is 292 g/mol. The van der Waals surface area contributed by atoms with E-state index in [-0.39, 0.29) is 5.75 Å². The van der Waals surface area contributed by atoms with Crippen molar-refractivity contribution in [3.8, 4) is 5.75 Å². The van der Waals surface area contributed by atoms with Gasteiger partial charge in [0.15, 0.2) is 0 Å². The highest BCUT2D eigenvalue weighted by molar-refractivity contribution is 9.10. The quantitative estimate of drug-likeness (QED) is 0.855. The average molecular weight is 307 g/mol. The molecule has 0 amide bonds. The van der Waals surface area contributed by atoms with Gasteiger partial charge >= 0.3 is 0 Å². The van der Waals surface area contributed by atoms with E-state index in [9.17, 15) is 5.11 Å². The van der Waals surface area contributed by atoms with Crippen LogP contribution in [0.25, 0.3) is 0 Å². The Morgan fingerprint density at radius 1 is 1.22 bits per heavy atom. The third-order valence-corrected chi connectivity index (χ3v) is 3.22. The Morgan fingerprint density at radius 2 is 2.00 bits per heavy atom. The van der Waals surface area contributed by atoms with Crippen LogP contribution in [0.15, 0.2) is 46.9 Å². The zero-order chi connectivity index (χ0) is 13.1. The summed E-state index contributed by atoms with van der Waals surface area (Å²) in [6, 6.07) is 13.1. The van der Waals surface area contributed by atoms with E-state index in [0.29, 0.717) is 6.54 Å². The molecule has 0 aliphatic heterocycles. The molecule has 0 aromatic heterocycles. The van der Waals surface area contributed by atoms with Gasteiger partial charge in [-0.1, -0.05) is 28.1 Å². The summed E-state index contributed by atoms with van der Waals surface area (Å²) in [4.78, 5) is 2.05. The van der Waals surface area contributed by atoms with Crippen LogP contribution in [-0.2, 0) is 6.54 Å². The number of benzene rings is 2. The van der Waals surface area contributed by atoms with Crippen molar-refractivity contribution >= 4 is 27.3 Å². The molecule has 2 rings (SSSR count). The lowest BCUT2D eigenvalue weighted by molar-refractivity contribution is 0.474. The minimum absolute atomic E-state index is 0.282. The molecule has 3 N–H and O–H groups in total. The molecule has 94 valence electrons. The minimum Gasteiger partial charge on any atom is -0.508 e. The fourth-order valence-electron chi connectivity index (χ4n) is 1.89. The molecule has 4 heteroatoms. The van der Waals surface area contributed by atoms with Crippen LogP contribution in [0.5, 0.6) is 5.75 Å². The Bertz CT molecular complexity index is 557. The third kappa shape index (κ3) is 2.96. The van der Waals surface area contributed by atoms with E-state index in [1.165, 1.54) is 0 Å². The molecule has 0 heterocycles. The van der Waals surface area contributed by atoms with Crippen molar-refractivity contribution in [3.05, 3.63) is 52.5 Å². The van der Waals surface area contributed by atoms with Crippen molar-refractivity contribution in [2.24, 2.45) is 0 Å². The predicted octanol–water partition coefficient (Wildman–Crippen LogP) is 3.37. The van der Waals surface area contributed by atoms with Crippen LogP contribution in [0.3, 0.4) is 0 Å². The number of nitrogens with zero attached hydrogens (tertiary/aromatic N) is 1. The van der Waals surface area contributed by atoms with E-state index in [4.69, 9.17) is 5.73 Å². The molecule has 0 aliphatic carbocycles. The Balaban J connectivity index is 2.19. The van der Waals surface area contributed by atoms with Crippen LogP contribution < -0.4 is 10.6 Å². The van der Waals surface area contributed by atoms with Crippen molar-refractivity contribution in [2.75, 3.05) is 17.7 Å². The largest absolute Gasteiger partial charge is 0.508 e. The first-order valence-electron chi connectivity index (χ1n) is 5.60. The Morgan fingerprint density at radius 3 is 2.67 bits per heavy atom. The van der Waals surface area contributed by atoms with Gasteiger partial charge in [-0.25, -0.2) is 0 Å². The summed E-state index contributed by atoms with van der Waals surface area (Å²) >= 11 is 3.39. The summed E-state index contributed by atoms with van der Waals surface area (Å²) in [6.07, 6.45) is 0. The molecule has 18 heavy (non-hydrogen) atoms. The van der Waals surface area contributed by atoms with Gasteiger partial charge in [-0.15, -0.1) is 0 Å². The summed E-state index contributed by atoms with van der Waals surface area (Å²) in [7, 11) is 1.98. The number of phenolic OH excluding ortho intramolecular Hbond substituents is 1. The summed E-state index contributed by atoms with van der Waals surface area (Å²) < 4.78 is 0.967. The summed E-state index contributed by atoms with van der Waals surface area (Å²) in [5.41, 5.74) is 8.73. The molecule has 0 spiro atoms. The standard InChI is InChI=1S/C14H15BrN2O/c1-17(9-10-3-2-4-12(18)7-10)14-6-5-11(15)8-13(14)16/h2-8,18H,9,16H2,1H3. The van der Waals surface area contributed by atoms with Crippen LogP contribution in [0.4, 0.5) is 11.4 Å². The Labute approximate surface area is 115 Å². The van der Waals surface area contributed by atoms with Gasteiger partial charge in [0, 0.05) is 18.1 Å². The van der Waals surface area contributed by atoms with Crippen molar-refractivity contribution in [1.29, 1.82) is 0 Å². The summed E-state index contributed by atoms with van der Waals surface area (Å²) in [5, 5.41) is 9.44. The zero-order valence-electron chi connectivity index (χ0n) is 10.1. The predicted molar refractivity (Wildman–Crippen MR) is 78.8 cm³/mol. The number of rotatable bonds is 3. The van der Waals surface area contributed by atoms with E-state index in [2.05, 4.69) is 20.8 Å². The highest BCUT2D eigenvalue weighted by Gasteiger charge is 2.06. The molecule has 3 nitrogen and oxygen atoms in total. The number of halogens is 1. The first kappa shape index (κ1) is 12.8. The fraction of sp³-hybridized carbons (Fsp3) is 0.143. The van der Waals surface area contributed by atoms with Gasteiger partial charge in [0.05, 0.1) is 11.4 Å². The van der Waals surface area contributed by atoms with E-state index in [1.54, 1.807) is 12.1 Å². The maximum atomic E-state index is 9.44. The van der Waals surface area contributed by atoms with E-state index in [0.717, 1.165) is 21.4 Å². The molecule has 0 radical (unpaired) electrons. The highest BCUT2D eigenvalue weighted by Crippen LogP contribution is 2.27. The summed E-state index contributed by atoms with van der Waals surface area (Å²) in [5.74, 6) is 0.282. The van der Waals surface area contributed by atoms with Crippen molar-refractivity contribution in [2.45, 2.75) is 6.54 Å². The number of phenols is 1. The number of nitrogens with two attached hydrogens (primary N) is 1. The first-order valence-corrected chi connectivity index (χ1v) is 6.39. The second kappa shape index (κ2) is 5.31. The van der Waals surface area contributed by atoms with Gasteiger partial charge in [0.1, 0.15) is 5.75 Å². The Kier molecular flexibility index (Phi) is 3.77. The third-order valence-electron chi connectivity index (χ3n) is 2.73. The van der Waals surface area contributed by atoms with Gasteiger partial charge in [-0.2, -0.15) is 0 Å². The second-order valence-corrected chi connectivity index (χ2v) is 5.14. The second-order valence-electron chi connectivity index (χ2n) is 4.23. The Hall–Kier alpha value is -1.68. The van der Waals surface area contributed by atoms with Gasteiger partial charge in [0.25, 0.3) is 0 Å². The molecule has 0 fully saturated rings. The molecule has 0 atom stereocenters. The summed E-state index contributed by atoms with van der Waals surface area (Å²) in [6.45, 7) is 0.695. The maximum Gasteiger partial charge on any atom is 0.115 e. The molecule has 0 unspecified atom stereocenters. The monoisotopic (exact) mass is 306 g/mol. The molecule has 0 saturated heterocycles. The van der Waals surface area contributed by atoms with Crippen LogP contribution in [0, 0.1) is 0 Å². The van der Waals surface area contributed by atoms with Crippen LogP contribution >= 0.6 is 15.9 Å². The molecule has 2 aromatic carbocycles.